The van der Waals surface area contributed by atoms with Crippen LogP contribution < -0.4 is 0 Å². The van der Waals surface area contributed by atoms with Gasteiger partial charge in [-0.3, -0.25) is 14.4 Å². The SMILES string of the molecule is CCCCOC(=O)OC(C(=O)O)(C(C(=O)O)C(=O)OCCCC)C(C)(CCCC)C(=O)O. The Kier molecular flexibility index (Phi) is 12.3. The zero-order chi connectivity index (χ0) is 24.9. The standard InChI is InChI=1S/C21H34O11/c1-5-8-11-20(4,17(25)26)21(18(27)28,32-19(29)31-13-10-7-3)14(15(22)23)16(24)30-12-9-6-2/h14H,5-13H2,1-4H3,(H,22,23)(H,25,26)(H,27,28). The van der Waals surface area contributed by atoms with Gasteiger partial charge in [0, 0.05) is 0 Å². The molecule has 0 aromatic heterocycles. The Morgan fingerprint density at radius 1 is 0.781 bits per heavy atom. The van der Waals surface area contributed by atoms with Gasteiger partial charge in [0.05, 0.1) is 13.2 Å². The first-order valence-electron chi connectivity index (χ1n) is 10.7. The van der Waals surface area contributed by atoms with Crippen LogP contribution in [0.4, 0.5) is 4.79 Å². The van der Waals surface area contributed by atoms with Gasteiger partial charge in [0.25, 0.3) is 5.60 Å². The Morgan fingerprint density at radius 3 is 1.69 bits per heavy atom. The molecular formula is C21H34O11. The predicted molar refractivity (Wildman–Crippen MR) is 110 cm³/mol. The van der Waals surface area contributed by atoms with Crippen molar-refractivity contribution in [3.05, 3.63) is 0 Å². The molecule has 0 fully saturated rings. The normalized spacial score (nSPS) is 15.5. The fraction of sp³-hybridized carbons (Fsp3) is 0.762. The van der Waals surface area contributed by atoms with Crippen molar-refractivity contribution in [1.82, 2.24) is 0 Å². The molecule has 0 rings (SSSR count). The zero-order valence-electron chi connectivity index (χ0n) is 19.0. The van der Waals surface area contributed by atoms with Crippen LogP contribution in [-0.2, 0) is 33.4 Å². The van der Waals surface area contributed by atoms with Gasteiger partial charge in [0.15, 0.2) is 0 Å². The van der Waals surface area contributed by atoms with Crippen molar-refractivity contribution >= 4 is 30.0 Å². The summed E-state index contributed by atoms with van der Waals surface area (Å²) < 4.78 is 14.7. The summed E-state index contributed by atoms with van der Waals surface area (Å²) in [6.07, 6.45) is 0.603. The van der Waals surface area contributed by atoms with E-state index in [-0.39, 0.29) is 26.1 Å². The first-order chi connectivity index (χ1) is 15.0. The van der Waals surface area contributed by atoms with E-state index in [0.717, 1.165) is 6.92 Å². The molecule has 0 radical (unpaired) electrons. The molecule has 3 atom stereocenters. The molecule has 0 saturated carbocycles. The van der Waals surface area contributed by atoms with Crippen LogP contribution in [0.2, 0.25) is 0 Å². The summed E-state index contributed by atoms with van der Waals surface area (Å²) in [5.74, 6) is -10.0. The average molecular weight is 462 g/mol. The molecule has 0 heterocycles. The van der Waals surface area contributed by atoms with Crippen LogP contribution in [0.25, 0.3) is 0 Å². The van der Waals surface area contributed by atoms with Gasteiger partial charge in [-0.1, -0.05) is 46.5 Å². The third-order valence-electron chi connectivity index (χ3n) is 5.23. The highest BCUT2D eigenvalue weighted by molar-refractivity contribution is 6.04. The van der Waals surface area contributed by atoms with E-state index in [1.54, 1.807) is 20.8 Å². The van der Waals surface area contributed by atoms with E-state index < -0.39 is 47.0 Å². The molecule has 3 N–H and O–H groups in total. The van der Waals surface area contributed by atoms with Gasteiger partial charge >= 0.3 is 30.0 Å². The lowest BCUT2D eigenvalue weighted by molar-refractivity contribution is -0.211. The lowest BCUT2D eigenvalue weighted by Crippen LogP contribution is -2.67. The van der Waals surface area contributed by atoms with E-state index in [4.69, 9.17) is 14.2 Å². The Morgan fingerprint density at radius 2 is 1.28 bits per heavy atom. The summed E-state index contributed by atoms with van der Waals surface area (Å²) in [7, 11) is 0. The zero-order valence-corrected chi connectivity index (χ0v) is 19.0. The molecule has 0 aromatic carbocycles. The van der Waals surface area contributed by atoms with Gasteiger partial charge in [-0.2, -0.15) is 0 Å². The number of carbonyl (C=O) groups excluding carboxylic acids is 2. The topological polar surface area (TPSA) is 174 Å². The van der Waals surface area contributed by atoms with Crippen molar-refractivity contribution in [3.8, 4) is 0 Å². The number of carboxylic acids is 3. The maximum Gasteiger partial charge on any atom is 0.509 e. The highest BCUT2D eigenvalue weighted by Gasteiger charge is 2.71. The second-order valence-electron chi connectivity index (χ2n) is 7.63. The molecule has 0 amide bonds. The van der Waals surface area contributed by atoms with Crippen LogP contribution in [0.3, 0.4) is 0 Å². The first kappa shape index (κ1) is 29.1. The highest BCUT2D eigenvalue weighted by atomic mass is 16.7. The summed E-state index contributed by atoms with van der Waals surface area (Å²) in [4.78, 5) is 62.0. The van der Waals surface area contributed by atoms with Crippen LogP contribution in [0, 0.1) is 11.3 Å². The molecule has 0 bridgehead atoms. The number of esters is 1. The van der Waals surface area contributed by atoms with Crippen molar-refractivity contribution in [2.45, 2.75) is 78.2 Å². The number of carboxylic acid groups (broad SMARTS) is 3. The minimum Gasteiger partial charge on any atom is -0.481 e. The van der Waals surface area contributed by atoms with Crippen molar-refractivity contribution in [3.63, 3.8) is 0 Å². The van der Waals surface area contributed by atoms with Gasteiger partial charge in [0.1, 0.15) is 5.41 Å². The van der Waals surface area contributed by atoms with Gasteiger partial charge in [0.2, 0.25) is 5.92 Å². The monoisotopic (exact) mass is 462 g/mol. The molecule has 11 heteroatoms. The van der Waals surface area contributed by atoms with Crippen molar-refractivity contribution < 1.29 is 53.5 Å². The molecule has 0 aliphatic rings. The van der Waals surface area contributed by atoms with E-state index in [2.05, 4.69) is 0 Å². The van der Waals surface area contributed by atoms with Gasteiger partial charge in [-0.15, -0.1) is 0 Å². The molecule has 32 heavy (non-hydrogen) atoms. The maximum absolute atomic E-state index is 12.7. The third-order valence-corrected chi connectivity index (χ3v) is 5.23. The largest absolute Gasteiger partial charge is 0.509 e. The second kappa shape index (κ2) is 13.5. The first-order valence-corrected chi connectivity index (χ1v) is 10.7. The van der Waals surface area contributed by atoms with E-state index in [1.165, 1.54) is 0 Å². The fourth-order valence-corrected chi connectivity index (χ4v) is 3.18. The Balaban J connectivity index is 6.72. The molecule has 0 saturated heterocycles. The van der Waals surface area contributed by atoms with E-state index >= 15 is 0 Å². The summed E-state index contributed by atoms with van der Waals surface area (Å²) in [6.45, 7) is 5.85. The molecule has 0 aliphatic carbocycles. The molecular weight excluding hydrogens is 428 g/mol. The average Bonchev–Trinajstić information content (AvgIpc) is 2.71. The molecule has 0 spiro atoms. The van der Waals surface area contributed by atoms with Crippen LogP contribution in [-0.4, -0.2) is 64.2 Å². The fourth-order valence-electron chi connectivity index (χ4n) is 3.18. The quantitative estimate of drug-likeness (QED) is 0.175. The lowest BCUT2D eigenvalue weighted by Gasteiger charge is -2.43. The minimum atomic E-state index is -3.33. The molecule has 3 unspecified atom stereocenters. The van der Waals surface area contributed by atoms with E-state index in [0.29, 0.717) is 32.1 Å². The van der Waals surface area contributed by atoms with Gasteiger partial charge in [-0.25, -0.2) is 9.59 Å². The summed E-state index contributed by atoms with van der Waals surface area (Å²) >= 11 is 0. The second-order valence-corrected chi connectivity index (χ2v) is 7.63. The third kappa shape index (κ3) is 6.83. The molecule has 0 aliphatic heterocycles. The molecule has 11 nitrogen and oxygen atoms in total. The summed E-state index contributed by atoms with van der Waals surface area (Å²) in [5.41, 5.74) is -5.82. The van der Waals surface area contributed by atoms with Gasteiger partial charge in [-0.05, 0) is 26.2 Å². The van der Waals surface area contributed by atoms with Crippen LogP contribution in [0.15, 0.2) is 0 Å². The Labute approximate surface area is 187 Å². The van der Waals surface area contributed by atoms with E-state index in [9.17, 15) is 39.3 Å². The number of rotatable bonds is 16. The number of hydrogen-bond donors (Lipinski definition) is 3. The van der Waals surface area contributed by atoms with E-state index in [1.807, 2.05) is 0 Å². The number of carbonyl (C=O) groups is 5. The number of unbranched alkanes of at least 4 members (excludes halogenated alkanes) is 3. The predicted octanol–water partition coefficient (Wildman–Crippen LogP) is 3.09. The maximum atomic E-state index is 12.7. The van der Waals surface area contributed by atoms with Crippen LogP contribution in [0.1, 0.15) is 72.6 Å². The summed E-state index contributed by atoms with van der Waals surface area (Å²) in [6, 6.07) is 0. The van der Waals surface area contributed by atoms with Crippen LogP contribution in [0.5, 0.6) is 0 Å². The lowest BCUT2D eigenvalue weighted by atomic mass is 9.63. The Hall–Kier alpha value is -2.85. The summed E-state index contributed by atoms with van der Waals surface area (Å²) in [5, 5.41) is 29.9. The number of aliphatic carboxylic acids is 3. The Bertz CT molecular complexity index is 675. The smallest absolute Gasteiger partial charge is 0.481 e. The number of hydrogen-bond acceptors (Lipinski definition) is 8. The minimum absolute atomic E-state index is 0.156. The molecule has 0 aromatic rings. The van der Waals surface area contributed by atoms with Crippen molar-refractivity contribution in [2.24, 2.45) is 11.3 Å². The molecule has 184 valence electrons. The van der Waals surface area contributed by atoms with Crippen molar-refractivity contribution in [2.75, 3.05) is 13.2 Å². The highest BCUT2D eigenvalue weighted by Crippen LogP contribution is 2.46. The van der Waals surface area contributed by atoms with Gasteiger partial charge < -0.3 is 29.5 Å². The van der Waals surface area contributed by atoms with Crippen molar-refractivity contribution in [1.29, 1.82) is 0 Å². The number of ether oxygens (including phenoxy) is 3. The van der Waals surface area contributed by atoms with Crippen LogP contribution >= 0.6 is 0 Å².